The number of thioether (sulfide) groups is 1. The second kappa shape index (κ2) is 10.1. The molecule has 5 nitrogen and oxygen atoms in total. The standard InChI is InChI=1S/C22H29ClN4OS/c1-26-21(24-25-22(26)29-16-20-8-5-13-28-20)18-9-11-27(12-10-18)15-19(23)14-17-6-3-2-4-7-17/h2-4,6-7,14,18,20H,5,8-13,15-16H2,1H3/b19-14-. The predicted molar refractivity (Wildman–Crippen MR) is 119 cm³/mol. The van der Waals surface area contributed by atoms with Crippen LogP contribution in [0.15, 0.2) is 40.5 Å². The molecule has 2 aliphatic rings. The number of piperidine rings is 1. The molecule has 29 heavy (non-hydrogen) atoms. The molecule has 0 radical (unpaired) electrons. The van der Waals surface area contributed by atoms with Crippen molar-refractivity contribution in [3.63, 3.8) is 0 Å². The third-order valence-corrected chi connectivity index (χ3v) is 7.12. The summed E-state index contributed by atoms with van der Waals surface area (Å²) in [4.78, 5) is 2.43. The van der Waals surface area contributed by atoms with Gasteiger partial charge in [-0.3, -0.25) is 4.90 Å². The third-order valence-electron chi connectivity index (χ3n) is 5.74. The molecule has 1 aromatic heterocycles. The minimum atomic E-state index is 0.372. The van der Waals surface area contributed by atoms with E-state index in [9.17, 15) is 0 Å². The van der Waals surface area contributed by atoms with Crippen LogP contribution < -0.4 is 0 Å². The normalized spacial score (nSPS) is 21.7. The van der Waals surface area contributed by atoms with Crippen molar-refractivity contribution in [3.05, 3.63) is 46.8 Å². The first-order valence-electron chi connectivity index (χ1n) is 10.5. The predicted octanol–water partition coefficient (Wildman–Crippen LogP) is 4.55. The Morgan fingerprint density at radius 2 is 2.00 bits per heavy atom. The van der Waals surface area contributed by atoms with Crippen LogP contribution in [-0.2, 0) is 11.8 Å². The molecule has 0 N–H and O–H groups in total. The number of hydrogen-bond acceptors (Lipinski definition) is 5. The van der Waals surface area contributed by atoms with Crippen LogP contribution in [0.25, 0.3) is 6.08 Å². The zero-order valence-electron chi connectivity index (χ0n) is 17.0. The Kier molecular flexibility index (Phi) is 7.29. The second-order valence-corrected chi connectivity index (χ2v) is 9.37. The van der Waals surface area contributed by atoms with Crippen LogP contribution in [-0.4, -0.2) is 57.8 Å². The van der Waals surface area contributed by atoms with Gasteiger partial charge in [0.05, 0.1) is 6.10 Å². The Labute approximate surface area is 182 Å². The number of nitrogens with zero attached hydrogens (tertiary/aromatic N) is 4. The molecule has 2 saturated heterocycles. The number of ether oxygens (including phenoxy) is 1. The highest BCUT2D eigenvalue weighted by Crippen LogP contribution is 2.30. The maximum atomic E-state index is 6.50. The van der Waals surface area contributed by atoms with Crippen molar-refractivity contribution in [1.29, 1.82) is 0 Å². The lowest BCUT2D eigenvalue weighted by atomic mass is 9.96. The lowest BCUT2D eigenvalue weighted by Crippen LogP contribution is -2.34. The average molecular weight is 433 g/mol. The Morgan fingerprint density at radius 1 is 1.21 bits per heavy atom. The molecule has 1 aromatic carbocycles. The molecule has 156 valence electrons. The van der Waals surface area contributed by atoms with Gasteiger partial charge in [0.2, 0.25) is 0 Å². The van der Waals surface area contributed by atoms with E-state index in [1.807, 2.05) is 18.2 Å². The van der Waals surface area contributed by atoms with E-state index in [1.54, 1.807) is 11.8 Å². The molecule has 3 heterocycles. The molecule has 0 bridgehead atoms. The van der Waals surface area contributed by atoms with Gasteiger partial charge in [0.1, 0.15) is 5.82 Å². The fourth-order valence-corrected chi connectivity index (χ4v) is 5.37. The molecule has 0 aliphatic carbocycles. The first-order chi connectivity index (χ1) is 14.2. The molecule has 0 amide bonds. The van der Waals surface area contributed by atoms with Gasteiger partial charge in [-0.2, -0.15) is 0 Å². The molecule has 1 atom stereocenters. The molecule has 7 heteroatoms. The molecule has 1 unspecified atom stereocenters. The molecule has 2 fully saturated rings. The van der Waals surface area contributed by atoms with Crippen LogP contribution in [0.4, 0.5) is 0 Å². The summed E-state index contributed by atoms with van der Waals surface area (Å²) < 4.78 is 7.90. The maximum absolute atomic E-state index is 6.50. The molecule has 0 spiro atoms. The van der Waals surface area contributed by atoms with Crippen LogP contribution in [0, 0.1) is 0 Å². The Bertz CT molecular complexity index is 811. The average Bonchev–Trinajstić information content (AvgIpc) is 3.37. The summed E-state index contributed by atoms with van der Waals surface area (Å²) >= 11 is 8.27. The summed E-state index contributed by atoms with van der Waals surface area (Å²) in [6, 6.07) is 10.3. The first-order valence-corrected chi connectivity index (χ1v) is 11.8. The summed E-state index contributed by atoms with van der Waals surface area (Å²) in [5.74, 6) is 2.56. The lowest BCUT2D eigenvalue weighted by molar-refractivity contribution is 0.129. The first kappa shape index (κ1) is 20.9. The monoisotopic (exact) mass is 432 g/mol. The number of aromatic nitrogens is 3. The van der Waals surface area contributed by atoms with E-state index in [2.05, 4.69) is 44.9 Å². The fraction of sp³-hybridized carbons (Fsp3) is 0.545. The summed E-state index contributed by atoms with van der Waals surface area (Å²) in [6.45, 7) is 3.78. The van der Waals surface area contributed by atoms with E-state index in [0.29, 0.717) is 12.0 Å². The van der Waals surface area contributed by atoms with Gasteiger partial charge in [0, 0.05) is 36.9 Å². The van der Waals surface area contributed by atoms with Gasteiger partial charge in [0.25, 0.3) is 0 Å². The van der Waals surface area contributed by atoms with Crippen molar-refractivity contribution in [2.45, 2.75) is 42.9 Å². The number of rotatable bonds is 7. The molecule has 2 aromatic rings. The lowest BCUT2D eigenvalue weighted by Gasteiger charge is -2.31. The molecule has 0 saturated carbocycles. The van der Waals surface area contributed by atoms with Gasteiger partial charge in [-0.05, 0) is 50.4 Å². The van der Waals surface area contributed by atoms with Crippen molar-refractivity contribution < 1.29 is 4.74 Å². The quantitative estimate of drug-likeness (QED) is 0.600. The summed E-state index contributed by atoms with van der Waals surface area (Å²) in [5, 5.41) is 10.9. The van der Waals surface area contributed by atoms with Crippen molar-refractivity contribution in [2.75, 3.05) is 32.0 Å². The number of benzene rings is 1. The van der Waals surface area contributed by atoms with Crippen LogP contribution in [0.1, 0.15) is 43.0 Å². The zero-order valence-corrected chi connectivity index (χ0v) is 18.5. The van der Waals surface area contributed by atoms with Gasteiger partial charge >= 0.3 is 0 Å². The Balaban J connectivity index is 1.27. The van der Waals surface area contributed by atoms with Crippen molar-refractivity contribution >= 4 is 29.4 Å². The van der Waals surface area contributed by atoms with Gasteiger partial charge in [0.15, 0.2) is 5.16 Å². The van der Waals surface area contributed by atoms with E-state index >= 15 is 0 Å². The molecular weight excluding hydrogens is 404 g/mol. The molecule has 2 aliphatic heterocycles. The smallest absolute Gasteiger partial charge is 0.191 e. The van der Waals surface area contributed by atoms with E-state index in [0.717, 1.165) is 72.8 Å². The molecular formula is C22H29ClN4OS. The van der Waals surface area contributed by atoms with Crippen LogP contribution in [0.3, 0.4) is 0 Å². The van der Waals surface area contributed by atoms with Crippen LogP contribution in [0.2, 0.25) is 0 Å². The van der Waals surface area contributed by atoms with E-state index in [-0.39, 0.29) is 0 Å². The van der Waals surface area contributed by atoms with Gasteiger partial charge in [-0.1, -0.05) is 53.7 Å². The molecule has 4 rings (SSSR count). The topological polar surface area (TPSA) is 43.2 Å². The maximum Gasteiger partial charge on any atom is 0.191 e. The summed E-state index contributed by atoms with van der Waals surface area (Å²) in [5.41, 5.74) is 1.15. The second-order valence-electron chi connectivity index (χ2n) is 7.90. The van der Waals surface area contributed by atoms with Crippen molar-refractivity contribution in [1.82, 2.24) is 19.7 Å². The third kappa shape index (κ3) is 5.63. The minimum Gasteiger partial charge on any atom is -0.377 e. The zero-order chi connectivity index (χ0) is 20.1. The summed E-state index contributed by atoms with van der Waals surface area (Å²) in [6.07, 6.45) is 6.97. The number of halogens is 1. The fourth-order valence-electron chi connectivity index (χ4n) is 4.09. The van der Waals surface area contributed by atoms with Crippen LogP contribution in [0.5, 0.6) is 0 Å². The van der Waals surface area contributed by atoms with Gasteiger partial charge < -0.3 is 9.30 Å². The Hall–Kier alpha value is -1.34. The van der Waals surface area contributed by atoms with E-state index in [1.165, 1.54) is 6.42 Å². The Morgan fingerprint density at radius 3 is 2.72 bits per heavy atom. The highest BCUT2D eigenvalue weighted by Gasteiger charge is 2.26. The van der Waals surface area contributed by atoms with Gasteiger partial charge in [-0.15, -0.1) is 10.2 Å². The van der Waals surface area contributed by atoms with Gasteiger partial charge in [-0.25, -0.2) is 0 Å². The van der Waals surface area contributed by atoms with Crippen molar-refractivity contribution in [3.8, 4) is 0 Å². The number of hydrogen-bond donors (Lipinski definition) is 0. The van der Waals surface area contributed by atoms with Crippen molar-refractivity contribution in [2.24, 2.45) is 7.05 Å². The van der Waals surface area contributed by atoms with E-state index in [4.69, 9.17) is 16.3 Å². The highest BCUT2D eigenvalue weighted by molar-refractivity contribution is 7.99. The number of likely N-dealkylation sites (tertiary alicyclic amines) is 1. The largest absolute Gasteiger partial charge is 0.377 e. The summed E-state index contributed by atoms with van der Waals surface area (Å²) in [7, 11) is 2.10. The SMILES string of the molecule is Cn1c(SCC2CCCO2)nnc1C1CCN(C/C(Cl)=C/c2ccccc2)CC1. The van der Waals surface area contributed by atoms with Crippen LogP contribution >= 0.6 is 23.4 Å². The van der Waals surface area contributed by atoms with E-state index < -0.39 is 0 Å². The minimum absolute atomic E-state index is 0.372. The highest BCUT2D eigenvalue weighted by atomic mass is 35.5.